The third-order valence-electron chi connectivity index (χ3n) is 4.80. The Hall–Kier alpha value is -3.13. The summed E-state index contributed by atoms with van der Waals surface area (Å²) in [5.41, 5.74) is 2.12. The molecule has 1 unspecified atom stereocenters. The molecule has 8 heteroatoms. The maximum absolute atomic E-state index is 12.6. The first-order chi connectivity index (χ1) is 13.3. The van der Waals surface area contributed by atoms with Gasteiger partial charge in [0.15, 0.2) is 17.5 Å². The summed E-state index contributed by atoms with van der Waals surface area (Å²) in [4.78, 5) is 24.2. The number of ether oxygens (including phenoxy) is 2. The van der Waals surface area contributed by atoms with Gasteiger partial charge in [-0.25, -0.2) is 0 Å². The van der Waals surface area contributed by atoms with Crippen molar-refractivity contribution in [2.75, 3.05) is 26.6 Å². The van der Waals surface area contributed by atoms with Crippen LogP contribution in [0.25, 0.3) is 0 Å². The Morgan fingerprint density at radius 1 is 1.21 bits per heavy atom. The average molecular weight is 388 g/mol. The first kappa shape index (κ1) is 21.2. The minimum absolute atomic E-state index is 0.128. The minimum atomic E-state index is -0.510. The molecule has 1 amide bonds. The second-order valence-electron chi connectivity index (χ2n) is 6.64. The molecule has 2 atom stereocenters. The fourth-order valence-corrected chi connectivity index (χ4v) is 2.87. The van der Waals surface area contributed by atoms with Gasteiger partial charge in [-0.15, -0.1) is 0 Å². The monoisotopic (exact) mass is 388 g/mol. The third-order valence-corrected chi connectivity index (χ3v) is 4.80. The van der Waals surface area contributed by atoms with Gasteiger partial charge >= 0.3 is 0 Å². The molecule has 150 valence electrons. The number of nitro benzene ring substituents is 1. The lowest BCUT2D eigenvalue weighted by atomic mass is 10.1. The number of hydrogen-bond donors (Lipinski definition) is 2. The molecule has 0 fully saturated rings. The fraction of sp³-hybridized carbons (Fsp3) is 0.350. The Morgan fingerprint density at radius 2 is 1.82 bits per heavy atom. The summed E-state index contributed by atoms with van der Waals surface area (Å²) in [6, 6.07) is 9.49. The zero-order chi connectivity index (χ0) is 20.8. The highest BCUT2D eigenvalue weighted by Crippen LogP contribution is 2.30. The van der Waals surface area contributed by atoms with E-state index in [1.165, 1.54) is 12.1 Å². The van der Waals surface area contributed by atoms with Crippen LogP contribution in [0.5, 0.6) is 11.5 Å². The number of likely N-dealkylation sites (N-methyl/N-ethyl adjacent to an activating group) is 1. The lowest BCUT2D eigenvalue weighted by molar-refractivity contribution is -0.907. The van der Waals surface area contributed by atoms with E-state index in [-0.39, 0.29) is 17.3 Å². The fourth-order valence-electron chi connectivity index (χ4n) is 2.87. The van der Waals surface area contributed by atoms with Crippen LogP contribution >= 0.6 is 0 Å². The van der Waals surface area contributed by atoms with Crippen molar-refractivity contribution in [3.63, 3.8) is 0 Å². The average Bonchev–Trinajstić information content (AvgIpc) is 2.68. The highest BCUT2D eigenvalue weighted by atomic mass is 16.6. The van der Waals surface area contributed by atoms with Crippen LogP contribution in [0.2, 0.25) is 0 Å². The first-order valence-corrected chi connectivity index (χ1v) is 8.86. The number of amides is 1. The zero-order valence-corrected chi connectivity index (χ0v) is 16.7. The van der Waals surface area contributed by atoms with Gasteiger partial charge in [-0.05, 0) is 37.6 Å². The van der Waals surface area contributed by atoms with E-state index in [4.69, 9.17) is 9.47 Å². The molecule has 0 spiro atoms. The van der Waals surface area contributed by atoms with Crippen molar-refractivity contribution in [3.05, 3.63) is 57.6 Å². The van der Waals surface area contributed by atoms with Gasteiger partial charge in [0.2, 0.25) is 0 Å². The Balaban J connectivity index is 2.14. The quantitative estimate of drug-likeness (QED) is 0.532. The molecular formula is C20H26N3O5+. The smallest absolute Gasteiger partial charge is 0.292 e. The lowest BCUT2D eigenvalue weighted by Crippen LogP contribution is -3.12. The summed E-state index contributed by atoms with van der Waals surface area (Å²) in [6.45, 7) is 4.34. The zero-order valence-electron chi connectivity index (χ0n) is 16.7. The van der Waals surface area contributed by atoms with Crippen molar-refractivity contribution in [3.8, 4) is 11.5 Å². The summed E-state index contributed by atoms with van der Waals surface area (Å²) in [5.74, 6) is 1.00. The van der Waals surface area contributed by atoms with E-state index >= 15 is 0 Å². The number of quaternary nitrogens is 1. The SMILES string of the molecule is COc1cc(C)c(C[NH+](C)[C@@H](C)C(=O)Nc2ccccc2[N+](=O)[O-])cc1OC. The molecular weight excluding hydrogens is 362 g/mol. The van der Waals surface area contributed by atoms with E-state index in [0.717, 1.165) is 16.0 Å². The van der Waals surface area contributed by atoms with E-state index in [2.05, 4.69) is 5.32 Å². The van der Waals surface area contributed by atoms with Gasteiger partial charge in [0, 0.05) is 11.6 Å². The number of hydrogen-bond acceptors (Lipinski definition) is 5. The van der Waals surface area contributed by atoms with Crippen LogP contribution in [-0.2, 0) is 11.3 Å². The molecule has 0 saturated heterocycles. The van der Waals surface area contributed by atoms with Crippen LogP contribution in [0, 0.1) is 17.0 Å². The van der Waals surface area contributed by atoms with Crippen molar-refractivity contribution >= 4 is 17.3 Å². The maximum Gasteiger partial charge on any atom is 0.292 e. The second kappa shape index (κ2) is 9.18. The number of methoxy groups -OCH3 is 2. The highest BCUT2D eigenvalue weighted by Gasteiger charge is 2.25. The van der Waals surface area contributed by atoms with Crippen molar-refractivity contribution in [2.24, 2.45) is 0 Å². The minimum Gasteiger partial charge on any atom is -0.493 e. The number of nitrogens with one attached hydrogen (secondary N) is 2. The molecule has 2 N–H and O–H groups in total. The molecule has 0 aromatic heterocycles. The largest absolute Gasteiger partial charge is 0.493 e. The number of rotatable bonds is 8. The molecule has 0 aliphatic heterocycles. The van der Waals surface area contributed by atoms with Crippen LogP contribution in [0.1, 0.15) is 18.1 Å². The van der Waals surface area contributed by atoms with Crippen LogP contribution in [0.4, 0.5) is 11.4 Å². The van der Waals surface area contributed by atoms with Gasteiger partial charge in [0.05, 0.1) is 26.2 Å². The summed E-state index contributed by atoms with van der Waals surface area (Å²) >= 11 is 0. The Kier molecular flexibility index (Phi) is 6.94. The molecule has 2 rings (SSSR count). The molecule has 0 saturated carbocycles. The Bertz CT molecular complexity index is 869. The summed E-state index contributed by atoms with van der Waals surface area (Å²) < 4.78 is 10.7. The summed E-state index contributed by atoms with van der Waals surface area (Å²) in [6.07, 6.45) is 0. The van der Waals surface area contributed by atoms with Crippen LogP contribution in [-0.4, -0.2) is 38.1 Å². The number of benzene rings is 2. The summed E-state index contributed by atoms with van der Waals surface area (Å²) in [5, 5.41) is 13.8. The predicted octanol–water partition coefficient (Wildman–Crippen LogP) is 1.96. The molecule has 2 aromatic rings. The van der Waals surface area contributed by atoms with Crippen molar-refractivity contribution in [2.45, 2.75) is 26.4 Å². The number of aryl methyl sites for hydroxylation is 1. The van der Waals surface area contributed by atoms with Gasteiger partial charge in [0.1, 0.15) is 12.2 Å². The van der Waals surface area contributed by atoms with Gasteiger partial charge in [-0.1, -0.05) is 12.1 Å². The van der Waals surface area contributed by atoms with Crippen molar-refractivity contribution < 1.29 is 24.1 Å². The van der Waals surface area contributed by atoms with Gasteiger partial charge in [-0.3, -0.25) is 14.9 Å². The molecule has 0 radical (unpaired) electrons. The summed E-state index contributed by atoms with van der Waals surface area (Å²) in [7, 11) is 5.07. The van der Waals surface area contributed by atoms with Crippen LogP contribution in [0.15, 0.2) is 36.4 Å². The second-order valence-corrected chi connectivity index (χ2v) is 6.64. The van der Waals surface area contributed by atoms with Crippen molar-refractivity contribution in [1.82, 2.24) is 0 Å². The van der Waals surface area contributed by atoms with Gasteiger partial charge < -0.3 is 19.7 Å². The van der Waals surface area contributed by atoms with E-state index in [0.29, 0.717) is 18.0 Å². The molecule has 0 aliphatic rings. The van der Waals surface area contributed by atoms with Gasteiger partial charge in [-0.2, -0.15) is 0 Å². The maximum atomic E-state index is 12.6. The van der Waals surface area contributed by atoms with E-state index in [9.17, 15) is 14.9 Å². The Morgan fingerprint density at radius 3 is 2.43 bits per heavy atom. The Labute approximate surface area is 164 Å². The number of nitro groups is 1. The molecule has 0 aliphatic carbocycles. The third kappa shape index (κ3) is 4.77. The number of nitrogens with zero attached hydrogens (tertiary/aromatic N) is 1. The topological polar surface area (TPSA) is 95.1 Å². The molecule has 28 heavy (non-hydrogen) atoms. The molecule has 2 aromatic carbocycles. The van der Waals surface area contributed by atoms with Crippen LogP contribution in [0.3, 0.4) is 0 Å². The normalized spacial score (nSPS) is 12.8. The number of carbonyl (C=O) groups excluding carboxylic acids is 1. The number of carbonyl (C=O) groups is 1. The highest BCUT2D eigenvalue weighted by molar-refractivity contribution is 5.95. The predicted molar refractivity (Wildman–Crippen MR) is 106 cm³/mol. The van der Waals surface area contributed by atoms with Gasteiger partial charge in [0.25, 0.3) is 11.6 Å². The van der Waals surface area contributed by atoms with E-state index in [1.54, 1.807) is 33.3 Å². The molecule has 0 bridgehead atoms. The standard InChI is InChI=1S/C20H25N3O5/c1-13-10-18(27-4)19(28-5)11-15(13)12-22(3)14(2)20(24)21-16-8-6-7-9-17(16)23(25)26/h6-11,14H,12H2,1-5H3,(H,21,24)/p+1/t14-/m0/s1. The number of para-hydroxylation sites is 2. The van der Waals surface area contributed by atoms with Crippen molar-refractivity contribution in [1.29, 1.82) is 0 Å². The van der Waals surface area contributed by atoms with E-state index < -0.39 is 11.0 Å². The van der Waals surface area contributed by atoms with Crippen LogP contribution < -0.4 is 19.7 Å². The van der Waals surface area contributed by atoms with E-state index in [1.807, 2.05) is 26.1 Å². The molecule has 0 heterocycles. The molecule has 8 nitrogen and oxygen atoms in total. The first-order valence-electron chi connectivity index (χ1n) is 8.86. The lowest BCUT2D eigenvalue weighted by Gasteiger charge is -2.22. The number of anilines is 1.